The fourth-order valence-electron chi connectivity index (χ4n) is 3.02. The van der Waals surface area contributed by atoms with Gasteiger partial charge in [-0.25, -0.2) is 0 Å². The van der Waals surface area contributed by atoms with Gasteiger partial charge in [0, 0.05) is 32.6 Å². The van der Waals surface area contributed by atoms with Gasteiger partial charge in [-0.2, -0.15) is 0 Å². The molecule has 4 heteroatoms. The lowest BCUT2D eigenvalue weighted by Gasteiger charge is -2.43. The molecule has 1 aliphatic heterocycles. The van der Waals surface area contributed by atoms with Crippen molar-refractivity contribution in [2.45, 2.75) is 25.3 Å². The smallest absolute Gasteiger partial charge is 0.326 e. The Labute approximate surface area is 121 Å². The van der Waals surface area contributed by atoms with Gasteiger partial charge >= 0.3 is 5.97 Å². The van der Waals surface area contributed by atoms with Crippen LogP contribution in [0.1, 0.15) is 18.9 Å². The number of ether oxygens (including phenoxy) is 1. The number of carbonyl (C=O) groups is 1. The van der Waals surface area contributed by atoms with Gasteiger partial charge in [0.05, 0.1) is 7.11 Å². The molecule has 1 aliphatic rings. The SMILES string of the molecule is CCC(Cc1ccccc1)(C(=O)OC)N1CCNCC1. The van der Waals surface area contributed by atoms with Gasteiger partial charge in [0.2, 0.25) is 0 Å². The Balaban J connectivity index is 2.28. The van der Waals surface area contributed by atoms with Crippen molar-refractivity contribution in [2.24, 2.45) is 0 Å². The van der Waals surface area contributed by atoms with Crippen LogP contribution >= 0.6 is 0 Å². The number of methoxy groups -OCH3 is 1. The average Bonchev–Trinajstić information content (AvgIpc) is 2.53. The number of nitrogens with one attached hydrogen (secondary N) is 1. The molecule has 20 heavy (non-hydrogen) atoms. The van der Waals surface area contributed by atoms with Gasteiger partial charge in [0.1, 0.15) is 5.54 Å². The summed E-state index contributed by atoms with van der Waals surface area (Å²) < 4.78 is 5.13. The number of benzene rings is 1. The number of nitrogens with zero attached hydrogens (tertiary/aromatic N) is 1. The Bertz CT molecular complexity index is 429. The van der Waals surface area contributed by atoms with Gasteiger partial charge in [-0.3, -0.25) is 9.69 Å². The molecule has 0 aliphatic carbocycles. The minimum atomic E-state index is -0.543. The molecule has 1 fully saturated rings. The number of carbonyl (C=O) groups excluding carboxylic acids is 1. The van der Waals surface area contributed by atoms with E-state index in [1.165, 1.54) is 12.7 Å². The molecule has 1 N–H and O–H groups in total. The third-order valence-corrected chi connectivity index (χ3v) is 4.21. The molecule has 2 rings (SSSR count). The number of hydrogen-bond donors (Lipinski definition) is 1. The molecule has 1 aromatic carbocycles. The van der Waals surface area contributed by atoms with Crippen LogP contribution in [-0.4, -0.2) is 49.7 Å². The Morgan fingerprint density at radius 1 is 1.30 bits per heavy atom. The molecule has 110 valence electrons. The van der Waals surface area contributed by atoms with Crippen molar-refractivity contribution in [2.75, 3.05) is 33.3 Å². The summed E-state index contributed by atoms with van der Waals surface area (Å²) in [5.41, 5.74) is 0.636. The first-order chi connectivity index (χ1) is 9.73. The molecule has 0 saturated carbocycles. The zero-order valence-corrected chi connectivity index (χ0v) is 12.4. The summed E-state index contributed by atoms with van der Waals surface area (Å²) in [6.07, 6.45) is 1.46. The van der Waals surface area contributed by atoms with Crippen LogP contribution in [0.3, 0.4) is 0 Å². The van der Waals surface area contributed by atoms with Gasteiger partial charge in [0.15, 0.2) is 0 Å². The Kier molecular flexibility index (Phi) is 5.15. The van der Waals surface area contributed by atoms with E-state index in [1.807, 2.05) is 18.2 Å². The maximum absolute atomic E-state index is 12.5. The molecule has 1 aromatic rings. The van der Waals surface area contributed by atoms with Gasteiger partial charge < -0.3 is 10.1 Å². The van der Waals surface area contributed by atoms with Crippen molar-refractivity contribution in [1.29, 1.82) is 0 Å². The van der Waals surface area contributed by atoms with Crippen molar-refractivity contribution in [1.82, 2.24) is 10.2 Å². The summed E-state index contributed by atoms with van der Waals surface area (Å²) in [7, 11) is 1.49. The summed E-state index contributed by atoms with van der Waals surface area (Å²) in [5, 5.41) is 3.34. The average molecular weight is 276 g/mol. The Hall–Kier alpha value is -1.39. The lowest BCUT2D eigenvalue weighted by Crippen LogP contribution is -2.61. The molecule has 1 heterocycles. The summed E-state index contributed by atoms with van der Waals surface area (Å²) >= 11 is 0. The van der Waals surface area contributed by atoms with Crippen LogP contribution in [0.2, 0.25) is 0 Å². The summed E-state index contributed by atoms with van der Waals surface area (Å²) in [6, 6.07) is 10.2. The van der Waals surface area contributed by atoms with E-state index in [9.17, 15) is 4.79 Å². The van der Waals surface area contributed by atoms with E-state index >= 15 is 0 Å². The third kappa shape index (κ3) is 3.02. The van der Waals surface area contributed by atoms with Crippen molar-refractivity contribution in [3.05, 3.63) is 35.9 Å². The minimum Gasteiger partial charge on any atom is -0.468 e. The fraction of sp³-hybridized carbons (Fsp3) is 0.562. The van der Waals surface area contributed by atoms with Crippen LogP contribution < -0.4 is 5.32 Å². The molecule has 0 bridgehead atoms. The Morgan fingerprint density at radius 3 is 2.50 bits per heavy atom. The third-order valence-electron chi connectivity index (χ3n) is 4.21. The van der Waals surface area contributed by atoms with Gasteiger partial charge in [-0.15, -0.1) is 0 Å². The fourth-order valence-corrected chi connectivity index (χ4v) is 3.02. The second kappa shape index (κ2) is 6.86. The first kappa shape index (κ1) is 15.0. The largest absolute Gasteiger partial charge is 0.468 e. The van der Waals surface area contributed by atoms with E-state index < -0.39 is 5.54 Å². The Morgan fingerprint density at radius 2 is 1.95 bits per heavy atom. The standard InChI is InChI=1S/C16H24N2O2/c1-3-16(15(19)20-2,18-11-9-17-10-12-18)13-14-7-5-4-6-8-14/h4-8,17H,3,9-13H2,1-2H3. The van der Waals surface area contributed by atoms with Crippen molar-refractivity contribution in [3.63, 3.8) is 0 Å². The highest BCUT2D eigenvalue weighted by atomic mass is 16.5. The van der Waals surface area contributed by atoms with Crippen LogP contribution in [-0.2, 0) is 16.0 Å². The molecular formula is C16H24N2O2. The zero-order valence-electron chi connectivity index (χ0n) is 12.4. The van der Waals surface area contributed by atoms with Crippen LogP contribution in [0.4, 0.5) is 0 Å². The number of esters is 1. The first-order valence-corrected chi connectivity index (χ1v) is 7.31. The zero-order chi connectivity index (χ0) is 14.4. The monoisotopic (exact) mass is 276 g/mol. The molecule has 0 amide bonds. The lowest BCUT2D eigenvalue weighted by molar-refractivity contribution is -0.156. The molecule has 0 spiro atoms. The highest BCUT2D eigenvalue weighted by Crippen LogP contribution is 2.27. The van der Waals surface area contributed by atoms with E-state index in [1.54, 1.807) is 0 Å². The van der Waals surface area contributed by atoms with E-state index in [0.29, 0.717) is 6.42 Å². The van der Waals surface area contributed by atoms with E-state index in [2.05, 4.69) is 29.3 Å². The second-order valence-corrected chi connectivity index (χ2v) is 5.28. The lowest BCUT2D eigenvalue weighted by atomic mass is 9.85. The molecule has 4 nitrogen and oxygen atoms in total. The molecule has 0 radical (unpaired) electrons. The number of hydrogen-bond acceptors (Lipinski definition) is 4. The van der Waals surface area contributed by atoms with Crippen LogP contribution in [0, 0.1) is 0 Å². The molecule has 1 saturated heterocycles. The summed E-state index contributed by atoms with van der Waals surface area (Å²) in [5.74, 6) is -0.120. The van der Waals surface area contributed by atoms with Crippen LogP contribution in [0.5, 0.6) is 0 Å². The maximum Gasteiger partial charge on any atom is 0.326 e. The summed E-state index contributed by atoms with van der Waals surface area (Å²) in [4.78, 5) is 14.8. The number of piperazine rings is 1. The van der Waals surface area contributed by atoms with Gasteiger partial charge in [-0.05, 0) is 12.0 Å². The van der Waals surface area contributed by atoms with Gasteiger partial charge in [0.25, 0.3) is 0 Å². The van der Waals surface area contributed by atoms with Crippen molar-refractivity contribution < 1.29 is 9.53 Å². The van der Waals surface area contributed by atoms with Crippen LogP contribution in [0.25, 0.3) is 0 Å². The van der Waals surface area contributed by atoms with E-state index in [0.717, 1.165) is 32.6 Å². The molecule has 1 unspecified atom stereocenters. The molecular weight excluding hydrogens is 252 g/mol. The van der Waals surface area contributed by atoms with Crippen LogP contribution in [0.15, 0.2) is 30.3 Å². The molecule has 0 aromatic heterocycles. The number of rotatable bonds is 5. The van der Waals surface area contributed by atoms with Gasteiger partial charge in [-0.1, -0.05) is 37.3 Å². The highest BCUT2D eigenvalue weighted by molar-refractivity contribution is 5.81. The summed E-state index contributed by atoms with van der Waals surface area (Å²) in [6.45, 7) is 5.69. The van der Waals surface area contributed by atoms with Crippen molar-refractivity contribution >= 4 is 5.97 Å². The van der Waals surface area contributed by atoms with Crippen molar-refractivity contribution in [3.8, 4) is 0 Å². The predicted molar refractivity (Wildman–Crippen MR) is 79.6 cm³/mol. The highest BCUT2D eigenvalue weighted by Gasteiger charge is 2.43. The second-order valence-electron chi connectivity index (χ2n) is 5.28. The normalized spacial score (nSPS) is 19.3. The van der Waals surface area contributed by atoms with E-state index in [4.69, 9.17) is 4.74 Å². The maximum atomic E-state index is 12.5. The van der Waals surface area contributed by atoms with E-state index in [-0.39, 0.29) is 5.97 Å². The molecule has 1 atom stereocenters. The minimum absolute atomic E-state index is 0.120. The topological polar surface area (TPSA) is 41.6 Å². The predicted octanol–water partition coefficient (Wildman–Crippen LogP) is 1.46. The first-order valence-electron chi connectivity index (χ1n) is 7.31. The quantitative estimate of drug-likeness (QED) is 0.827.